The van der Waals surface area contributed by atoms with Gasteiger partial charge in [0, 0.05) is 31.6 Å². The molecule has 3 aromatic carbocycles. The van der Waals surface area contributed by atoms with Gasteiger partial charge in [-0.2, -0.15) is 4.31 Å². The molecule has 0 fully saturated rings. The first kappa shape index (κ1) is 30.3. The third-order valence-electron chi connectivity index (χ3n) is 6.27. The molecule has 0 aliphatic heterocycles. The van der Waals surface area contributed by atoms with E-state index in [0.29, 0.717) is 11.6 Å². The molecule has 2 amide bonds. The van der Waals surface area contributed by atoms with Gasteiger partial charge in [0.1, 0.15) is 6.04 Å². The van der Waals surface area contributed by atoms with Crippen molar-refractivity contribution < 1.29 is 18.0 Å². The highest BCUT2D eigenvalue weighted by molar-refractivity contribution is 7.89. The second-order valence-corrected chi connectivity index (χ2v) is 12.6. The minimum atomic E-state index is -3.96. The number of nitrogens with one attached hydrogen (secondary N) is 1. The number of hydrogen-bond donors (Lipinski definition) is 1. The number of carbonyl (C=O) groups is 2. The lowest BCUT2D eigenvalue weighted by Gasteiger charge is -2.33. The number of amides is 2. The maximum Gasteiger partial charge on any atom is 0.243 e. The van der Waals surface area contributed by atoms with E-state index in [2.05, 4.69) is 5.32 Å². The van der Waals surface area contributed by atoms with Crippen molar-refractivity contribution in [2.75, 3.05) is 20.1 Å². The highest BCUT2D eigenvalue weighted by Gasteiger charge is 2.33. The molecule has 9 heteroatoms. The van der Waals surface area contributed by atoms with Crippen molar-refractivity contribution in [1.29, 1.82) is 0 Å². The van der Waals surface area contributed by atoms with E-state index < -0.39 is 28.5 Å². The minimum absolute atomic E-state index is 0.0305. The molecule has 7 nitrogen and oxygen atoms in total. The summed E-state index contributed by atoms with van der Waals surface area (Å²) in [6.07, 6.45) is 0.288. The summed E-state index contributed by atoms with van der Waals surface area (Å²) in [5.41, 5.74) is 2.76. The van der Waals surface area contributed by atoms with Crippen molar-refractivity contribution in [3.05, 3.63) is 101 Å². The van der Waals surface area contributed by atoms with E-state index in [-0.39, 0.29) is 29.7 Å². The van der Waals surface area contributed by atoms with Crippen LogP contribution in [0.5, 0.6) is 0 Å². The Morgan fingerprint density at radius 1 is 0.923 bits per heavy atom. The van der Waals surface area contributed by atoms with Gasteiger partial charge >= 0.3 is 0 Å². The Labute approximate surface area is 236 Å². The molecule has 0 radical (unpaired) electrons. The van der Waals surface area contributed by atoms with Crippen LogP contribution in [0.1, 0.15) is 30.5 Å². The topological polar surface area (TPSA) is 86.8 Å². The maximum atomic E-state index is 13.9. The number of carbonyl (C=O) groups excluding carboxylic acids is 2. The molecule has 3 aromatic rings. The fourth-order valence-electron chi connectivity index (χ4n) is 4.14. The van der Waals surface area contributed by atoms with Gasteiger partial charge in [-0.25, -0.2) is 8.42 Å². The van der Waals surface area contributed by atoms with E-state index in [1.807, 2.05) is 75.4 Å². The Morgan fingerprint density at radius 3 is 2.18 bits per heavy atom. The fourth-order valence-corrected chi connectivity index (χ4v) is 5.38. The molecule has 1 unspecified atom stereocenters. The third-order valence-corrected chi connectivity index (χ3v) is 8.34. The molecule has 0 heterocycles. The lowest BCUT2D eigenvalue weighted by Crippen LogP contribution is -2.53. The number of sulfonamides is 1. The van der Waals surface area contributed by atoms with Crippen LogP contribution >= 0.6 is 11.6 Å². The number of hydrogen-bond acceptors (Lipinski definition) is 4. The zero-order valence-electron chi connectivity index (χ0n) is 22.8. The Morgan fingerprint density at radius 2 is 1.56 bits per heavy atom. The van der Waals surface area contributed by atoms with Gasteiger partial charge in [0.25, 0.3) is 0 Å². The van der Waals surface area contributed by atoms with Crippen molar-refractivity contribution in [2.24, 2.45) is 5.92 Å². The number of benzene rings is 3. The number of rotatable bonds is 12. The van der Waals surface area contributed by atoms with Crippen LogP contribution in [0, 0.1) is 12.8 Å². The van der Waals surface area contributed by atoms with Crippen molar-refractivity contribution in [1.82, 2.24) is 14.5 Å². The van der Waals surface area contributed by atoms with Gasteiger partial charge in [-0.3, -0.25) is 9.59 Å². The van der Waals surface area contributed by atoms with Gasteiger partial charge in [0.15, 0.2) is 0 Å². The minimum Gasteiger partial charge on any atom is -0.354 e. The number of halogens is 1. The van der Waals surface area contributed by atoms with Gasteiger partial charge in [-0.1, -0.05) is 85.6 Å². The first-order valence-electron chi connectivity index (χ1n) is 12.9. The molecule has 0 aliphatic carbocycles. The molecule has 0 saturated carbocycles. The molecule has 3 rings (SSSR count). The average Bonchev–Trinajstić information content (AvgIpc) is 2.90. The molecule has 1 atom stereocenters. The smallest absolute Gasteiger partial charge is 0.243 e. The zero-order valence-corrected chi connectivity index (χ0v) is 24.4. The van der Waals surface area contributed by atoms with Gasteiger partial charge in [0.2, 0.25) is 21.8 Å². The van der Waals surface area contributed by atoms with E-state index in [1.165, 1.54) is 36.2 Å². The zero-order chi connectivity index (χ0) is 28.6. The highest BCUT2D eigenvalue weighted by atomic mass is 35.5. The molecular formula is C30H36ClN3O4S. The molecule has 0 aliphatic rings. The van der Waals surface area contributed by atoms with E-state index in [9.17, 15) is 18.0 Å². The predicted octanol–water partition coefficient (Wildman–Crippen LogP) is 4.68. The van der Waals surface area contributed by atoms with Crippen LogP contribution in [0.2, 0.25) is 5.02 Å². The quantitative estimate of drug-likeness (QED) is 0.343. The Balaban J connectivity index is 1.96. The van der Waals surface area contributed by atoms with Crippen molar-refractivity contribution in [3.8, 4) is 0 Å². The van der Waals surface area contributed by atoms with Gasteiger partial charge < -0.3 is 10.2 Å². The summed E-state index contributed by atoms with van der Waals surface area (Å²) < 4.78 is 27.4. The number of nitrogens with zero attached hydrogens (tertiary/aromatic N) is 2. The summed E-state index contributed by atoms with van der Waals surface area (Å²) in [6.45, 7) is 6.14. The molecule has 1 N–H and O–H groups in total. The summed E-state index contributed by atoms with van der Waals surface area (Å²) in [5.74, 6) is -0.531. The Hall–Kier alpha value is -3.20. The van der Waals surface area contributed by atoms with Crippen LogP contribution in [-0.4, -0.2) is 55.6 Å². The third kappa shape index (κ3) is 8.65. The van der Waals surface area contributed by atoms with Crippen LogP contribution in [0.25, 0.3) is 0 Å². The van der Waals surface area contributed by atoms with E-state index in [4.69, 9.17) is 11.6 Å². The maximum absolute atomic E-state index is 13.9. The fraction of sp³-hybridized carbons (Fsp3) is 0.333. The van der Waals surface area contributed by atoms with Crippen LogP contribution in [-0.2, 0) is 32.6 Å². The lowest BCUT2D eigenvalue weighted by molar-refractivity contribution is -0.141. The molecule has 0 aromatic heterocycles. The lowest BCUT2D eigenvalue weighted by atomic mass is 10.0. The second-order valence-electron chi connectivity index (χ2n) is 10.1. The number of aryl methyl sites for hydroxylation is 1. The molecule has 0 bridgehead atoms. The van der Waals surface area contributed by atoms with Gasteiger partial charge in [0.05, 0.1) is 11.4 Å². The second kappa shape index (κ2) is 13.7. The first-order chi connectivity index (χ1) is 18.5. The van der Waals surface area contributed by atoms with Crippen molar-refractivity contribution in [2.45, 2.75) is 44.7 Å². The summed E-state index contributed by atoms with van der Waals surface area (Å²) in [7, 11) is -2.60. The highest BCUT2D eigenvalue weighted by Crippen LogP contribution is 2.20. The number of likely N-dealkylation sites (N-methyl/N-ethyl adjacent to an activating group) is 1. The van der Waals surface area contributed by atoms with Crippen LogP contribution in [0.15, 0.2) is 83.8 Å². The normalized spacial score (nSPS) is 12.4. The van der Waals surface area contributed by atoms with E-state index in [0.717, 1.165) is 21.0 Å². The van der Waals surface area contributed by atoms with E-state index in [1.54, 1.807) is 0 Å². The molecular weight excluding hydrogens is 534 g/mol. The molecule has 0 spiro atoms. The summed E-state index contributed by atoms with van der Waals surface area (Å²) in [6, 6.07) is 22.1. The summed E-state index contributed by atoms with van der Waals surface area (Å²) in [4.78, 5) is 28.9. The molecule has 208 valence electrons. The molecule has 39 heavy (non-hydrogen) atoms. The largest absolute Gasteiger partial charge is 0.354 e. The van der Waals surface area contributed by atoms with Gasteiger partial charge in [-0.15, -0.1) is 0 Å². The SMILES string of the molecule is Cc1cccc(CN(C(=O)CN(C)S(=O)(=O)c2ccc(Cl)cc2)C(Cc2ccccc2)C(=O)NCC(C)C)c1. The predicted molar refractivity (Wildman–Crippen MR) is 155 cm³/mol. The van der Waals surface area contributed by atoms with Crippen molar-refractivity contribution in [3.63, 3.8) is 0 Å². The van der Waals surface area contributed by atoms with Crippen LogP contribution < -0.4 is 5.32 Å². The van der Waals surface area contributed by atoms with Crippen molar-refractivity contribution >= 4 is 33.4 Å². The first-order valence-corrected chi connectivity index (χ1v) is 14.7. The van der Waals surface area contributed by atoms with Crippen LogP contribution in [0.4, 0.5) is 0 Å². The molecule has 0 saturated heterocycles. The summed E-state index contributed by atoms with van der Waals surface area (Å²) >= 11 is 5.92. The standard InChI is InChI=1S/C30H36ClN3O4S/c1-22(2)19-32-30(36)28(18-24-10-6-5-7-11-24)34(20-25-12-8-9-23(3)17-25)29(35)21-33(4)39(37,38)27-15-13-26(31)14-16-27/h5-17,22,28H,18-21H2,1-4H3,(H,32,36). The van der Waals surface area contributed by atoms with Crippen LogP contribution in [0.3, 0.4) is 0 Å². The average molecular weight is 570 g/mol. The Kier molecular flexibility index (Phi) is 10.7. The summed E-state index contributed by atoms with van der Waals surface area (Å²) in [5, 5.41) is 3.38. The monoisotopic (exact) mass is 569 g/mol. The van der Waals surface area contributed by atoms with E-state index >= 15 is 0 Å². The van der Waals surface area contributed by atoms with Gasteiger partial charge in [-0.05, 0) is 48.2 Å². The Bertz CT molecular complexity index is 1360.